The smallest absolute Gasteiger partial charge is 0.548 e. The maximum atomic E-state index is 12.5. The molecule has 0 saturated carbocycles. The molecule has 2 aromatic rings. The van der Waals surface area contributed by atoms with Crippen LogP contribution in [0.1, 0.15) is 17.5 Å². The molecule has 0 aromatic heterocycles. The molecule has 32 heavy (non-hydrogen) atoms. The van der Waals surface area contributed by atoms with Crippen LogP contribution in [0.2, 0.25) is 0 Å². The summed E-state index contributed by atoms with van der Waals surface area (Å²) in [6.45, 7) is 0. The molecule has 0 aliphatic carbocycles. The number of hydrogen-bond acceptors (Lipinski definition) is 6. The number of anilines is 1. The third-order valence-corrected chi connectivity index (χ3v) is 4.16. The normalized spacial score (nSPS) is 11.6. The number of rotatable bonds is 9. The Balaban J connectivity index is 0.00000512. The minimum Gasteiger partial charge on any atom is -0.548 e. The number of nitrogens with one attached hydrogen (secondary N) is 3. The third kappa shape index (κ3) is 9.17. The average Bonchev–Trinajstić information content (AvgIpc) is 2.73. The van der Waals surface area contributed by atoms with E-state index in [0.717, 1.165) is 0 Å². The number of hydrogen-bond donors (Lipinski definition) is 4. The van der Waals surface area contributed by atoms with Crippen molar-refractivity contribution in [2.75, 3.05) is 5.32 Å². The van der Waals surface area contributed by atoms with Crippen LogP contribution in [0, 0.1) is 11.3 Å². The van der Waals surface area contributed by atoms with Crippen molar-refractivity contribution < 1.29 is 80.8 Å². The number of nitriles is 1. The number of nitrogens with zero attached hydrogens (tertiary/aromatic N) is 1. The molecule has 0 unspecified atom stereocenters. The molecule has 0 aliphatic heterocycles. The molecule has 4 N–H and O–H groups in total. The van der Waals surface area contributed by atoms with Crippen LogP contribution in [0.3, 0.4) is 0 Å². The summed E-state index contributed by atoms with van der Waals surface area (Å²) in [5.41, 5.74) is 1.31. The fraction of sp³-hybridized carbons (Fsp3) is 0.190. The van der Waals surface area contributed by atoms with E-state index in [4.69, 9.17) is 10.4 Å². The van der Waals surface area contributed by atoms with Crippen LogP contribution in [-0.2, 0) is 20.8 Å². The van der Waals surface area contributed by atoms with E-state index in [1.807, 2.05) is 6.07 Å². The first-order valence-corrected chi connectivity index (χ1v) is 9.13. The Kier molecular flexibility index (Phi) is 11.6. The van der Waals surface area contributed by atoms with Crippen molar-refractivity contribution in [3.63, 3.8) is 0 Å². The third-order valence-electron chi connectivity index (χ3n) is 4.16. The van der Waals surface area contributed by atoms with Gasteiger partial charge in [0.1, 0.15) is 6.04 Å². The van der Waals surface area contributed by atoms with Crippen LogP contribution >= 0.6 is 0 Å². The minimum atomic E-state index is -1.55. The number of carboxylic acids is 2. The van der Waals surface area contributed by atoms with Gasteiger partial charge in [-0.05, 0) is 36.2 Å². The molecule has 10 nitrogen and oxygen atoms in total. The zero-order valence-electron chi connectivity index (χ0n) is 17.2. The van der Waals surface area contributed by atoms with Gasteiger partial charge in [0.2, 0.25) is 5.91 Å². The molecular formula is C21H19KN4O6. The van der Waals surface area contributed by atoms with Crippen LogP contribution < -0.4 is 72.4 Å². The Morgan fingerprint density at radius 3 is 2.12 bits per heavy atom. The van der Waals surface area contributed by atoms with Crippen molar-refractivity contribution in [1.29, 1.82) is 5.26 Å². The molecule has 0 fully saturated rings. The molecular weight excluding hydrogens is 443 g/mol. The van der Waals surface area contributed by atoms with Crippen LogP contribution in [0.5, 0.6) is 0 Å². The van der Waals surface area contributed by atoms with Gasteiger partial charge in [0.05, 0.1) is 30.1 Å². The van der Waals surface area contributed by atoms with Gasteiger partial charge in [0.25, 0.3) is 0 Å². The monoisotopic (exact) mass is 462 g/mol. The number of aliphatic carboxylic acids is 2. The van der Waals surface area contributed by atoms with Crippen molar-refractivity contribution in [3.8, 4) is 6.07 Å². The van der Waals surface area contributed by atoms with E-state index >= 15 is 0 Å². The molecule has 0 heterocycles. The number of urea groups is 1. The van der Waals surface area contributed by atoms with E-state index in [1.165, 1.54) is 24.3 Å². The summed E-state index contributed by atoms with van der Waals surface area (Å²) < 4.78 is 0. The second kappa shape index (κ2) is 13.6. The van der Waals surface area contributed by atoms with E-state index in [-0.39, 0.29) is 57.8 Å². The molecule has 160 valence electrons. The Bertz CT molecular complexity index is 992. The Labute approximate surface area is 226 Å². The van der Waals surface area contributed by atoms with Crippen molar-refractivity contribution in [2.24, 2.45) is 0 Å². The fourth-order valence-corrected chi connectivity index (χ4v) is 2.65. The summed E-state index contributed by atoms with van der Waals surface area (Å²) in [5.74, 6) is -3.90. The number of carbonyl (C=O) groups excluding carboxylic acids is 3. The van der Waals surface area contributed by atoms with Gasteiger partial charge < -0.3 is 31.0 Å². The predicted octanol–water partition coefficient (Wildman–Crippen LogP) is -3.00. The van der Waals surface area contributed by atoms with Crippen LogP contribution in [-0.4, -0.2) is 41.1 Å². The van der Waals surface area contributed by atoms with Crippen molar-refractivity contribution in [1.82, 2.24) is 10.6 Å². The van der Waals surface area contributed by atoms with Gasteiger partial charge in [0, 0.05) is 5.69 Å². The van der Waals surface area contributed by atoms with Gasteiger partial charge in [0.15, 0.2) is 0 Å². The number of benzene rings is 2. The van der Waals surface area contributed by atoms with E-state index in [9.17, 15) is 24.3 Å². The minimum absolute atomic E-state index is 0. The Morgan fingerprint density at radius 2 is 1.59 bits per heavy atom. The van der Waals surface area contributed by atoms with Crippen LogP contribution in [0.15, 0.2) is 54.6 Å². The summed E-state index contributed by atoms with van der Waals surface area (Å²) in [6.07, 6.45) is -0.843. The Morgan fingerprint density at radius 1 is 0.969 bits per heavy atom. The van der Waals surface area contributed by atoms with Gasteiger partial charge in [-0.25, -0.2) is 4.79 Å². The molecule has 0 bridgehead atoms. The number of carbonyl (C=O) groups is 4. The average molecular weight is 463 g/mol. The van der Waals surface area contributed by atoms with Gasteiger partial charge in [-0.15, -0.1) is 0 Å². The topological polar surface area (TPSA) is 171 Å². The van der Waals surface area contributed by atoms with E-state index in [1.54, 1.807) is 30.3 Å². The quantitative estimate of drug-likeness (QED) is 0.288. The molecule has 0 saturated heterocycles. The summed E-state index contributed by atoms with van der Waals surface area (Å²) >= 11 is 0. The number of amides is 3. The van der Waals surface area contributed by atoms with Gasteiger partial charge in [-0.1, -0.05) is 30.3 Å². The first-order valence-electron chi connectivity index (χ1n) is 9.13. The molecule has 11 heteroatoms. The molecule has 0 aliphatic rings. The molecule has 0 radical (unpaired) electrons. The second-order valence-electron chi connectivity index (χ2n) is 6.51. The maximum absolute atomic E-state index is 12.5. The molecule has 2 aromatic carbocycles. The molecule has 2 atom stereocenters. The zero-order valence-corrected chi connectivity index (χ0v) is 20.3. The predicted molar refractivity (Wildman–Crippen MR) is 106 cm³/mol. The van der Waals surface area contributed by atoms with Crippen LogP contribution in [0.4, 0.5) is 10.5 Å². The standard InChI is InChI=1S/C21H20N4O6.K/c22-12-14-6-8-15(9-7-14)23-21(31)25-16(11-18(26)27)19(28)24-17(20(29)30)10-13-4-2-1-3-5-13;/h1-9,16-17H,10-11H2,(H,24,28)(H,26,27)(H,29,30)(H2,23,25,31);/q;+1/p-1/t16-,17-;/m0./s1. The largest absolute Gasteiger partial charge is 1.00 e. The second-order valence-corrected chi connectivity index (χ2v) is 6.51. The van der Waals surface area contributed by atoms with E-state index < -0.39 is 42.4 Å². The van der Waals surface area contributed by atoms with Gasteiger partial charge in [-0.3, -0.25) is 9.59 Å². The van der Waals surface area contributed by atoms with Crippen molar-refractivity contribution in [3.05, 3.63) is 65.7 Å². The van der Waals surface area contributed by atoms with Gasteiger partial charge >= 0.3 is 63.4 Å². The number of carboxylic acid groups (broad SMARTS) is 2. The van der Waals surface area contributed by atoms with Crippen molar-refractivity contribution in [2.45, 2.75) is 24.9 Å². The van der Waals surface area contributed by atoms with E-state index in [0.29, 0.717) is 16.8 Å². The van der Waals surface area contributed by atoms with Gasteiger partial charge in [-0.2, -0.15) is 5.26 Å². The summed E-state index contributed by atoms with van der Waals surface area (Å²) in [7, 11) is 0. The summed E-state index contributed by atoms with van der Waals surface area (Å²) in [5, 5.41) is 36.1. The fourth-order valence-electron chi connectivity index (χ4n) is 2.65. The van der Waals surface area contributed by atoms with Crippen molar-refractivity contribution >= 4 is 29.6 Å². The van der Waals surface area contributed by atoms with Crippen LogP contribution in [0.25, 0.3) is 0 Å². The first-order chi connectivity index (χ1) is 14.8. The first kappa shape index (κ1) is 27.3. The summed E-state index contributed by atoms with van der Waals surface area (Å²) in [4.78, 5) is 47.3. The SMILES string of the molecule is N#Cc1ccc(NC(=O)N[C@@H](CC(=O)O)C(=O)N[C@@H](Cc2ccccc2)C(=O)[O-])cc1.[K+]. The summed E-state index contributed by atoms with van der Waals surface area (Å²) in [6, 6.07) is 12.4. The van der Waals surface area contributed by atoms with E-state index in [2.05, 4.69) is 16.0 Å². The molecule has 2 rings (SSSR count). The Hall–Kier alpha value is -2.75. The molecule has 0 spiro atoms. The molecule has 3 amide bonds. The zero-order chi connectivity index (χ0) is 22.8. The maximum Gasteiger partial charge on any atom is 1.00 e.